The first kappa shape index (κ1) is 18.3. The second kappa shape index (κ2) is 8.72. The average Bonchev–Trinajstić information content (AvgIpc) is 2.69. The normalized spacial score (nSPS) is 17.5. The molecule has 1 saturated heterocycles. The third-order valence-corrected chi connectivity index (χ3v) is 4.79. The first-order valence-electron chi connectivity index (χ1n) is 8.98. The molecule has 0 aliphatic carbocycles. The Bertz CT molecular complexity index is 733. The lowest BCUT2D eigenvalue weighted by molar-refractivity contribution is -0.121. The summed E-state index contributed by atoms with van der Waals surface area (Å²) in [6.07, 6.45) is 1.94. The number of nitrogens with zero attached hydrogens (tertiary/aromatic N) is 1. The van der Waals surface area contributed by atoms with Crippen LogP contribution in [0.3, 0.4) is 0 Å². The smallest absolute Gasteiger partial charge is 0.228 e. The molecule has 26 heavy (non-hydrogen) atoms. The van der Waals surface area contributed by atoms with Crippen LogP contribution in [0.25, 0.3) is 0 Å². The lowest BCUT2D eigenvalue weighted by atomic mass is 9.96. The molecule has 3 rings (SSSR count). The van der Waals surface area contributed by atoms with Crippen LogP contribution in [0.1, 0.15) is 18.4 Å². The van der Waals surface area contributed by atoms with E-state index in [1.165, 1.54) is 5.56 Å². The fourth-order valence-corrected chi connectivity index (χ4v) is 3.39. The highest BCUT2D eigenvalue weighted by atomic mass is 16.5. The molecular weight excluding hydrogens is 328 g/mol. The summed E-state index contributed by atoms with van der Waals surface area (Å²) < 4.78 is 10.6. The van der Waals surface area contributed by atoms with Gasteiger partial charge in [-0.05, 0) is 37.1 Å². The largest absolute Gasteiger partial charge is 0.497 e. The fraction of sp³-hybridized carbons (Fsp3) is 0.381. The molecule has 2 aromatic rings. The van der Waals surface area contributed by atoms with Crippen molar-refractivity contribution in [1.29, 1.82) is 0 Å². The standard InChI is InChI=1S/C21H26N2O3/c1-25-18-10-11-19(20(13-18)26-2)22-21(24)17-9-6-12-23(15-17)14-16-7-4-3-5-8-16/h3-5,7-8,10-11,13,17H,6,9,12,14-15H2,1-2H3,(H,22,24)/t17-/m1/s1. The van der Waals surface area contributed by atoms with Gasteiger partial charge in [-0.25, -0.2) is 0 Å². The zero-order valence-electron chi connectivity index (χ0n) is 15.4. The third-order valence-electron chi connectivity index (χ3n) is 4.79. The number of anilines is 1. The summed E-state index contributed by atoms with van der Waals surface area (Å²) in [5.74, 6) is 1.34. The Labute approximate surface area is 154 Å². The Balaban J connectivity index is 1.62. The van der Waals surface area contributed by atoms with E-state index < -0.39 is 0 Å². The highest BCUT2D eigenvalue weighted by molar-refractivity contribution is 5.94. The van der Waals surface area contributed by atoms with Crippen LogP contribution in [0.2, 0.25) is 0 Å². The molecule has 0 radical (unpaired) electrons. The van der Waals surface area contributed by atoms with E-state index in [1.807, 2.05) is 18.2 Å². The van der Waals surface area contributed by atoms with Crippen LogP contribution in [0.15, 0.2) is 48.5 Å². The number of methoxy groups -OCH3 is 2. The van der Waals surface area contributed by atoms with E-state index in [-0.39, 0.29) is 11.8 Å². The van der Waals surface area contributed by atoms with Gasteiger partial charge in [-0.3, -0.25) is 9.69 Å². The molecule has 1 N–H and O–H groups in total. The van der Waals surface area contributed by atoms with Gasteiger partial charge in [-0.1, -0.05) is 30.3 Å². The molecule has 1 aliphatic heterocycles. The summed E-state index contributed by atoms with van der Waals surface area (Å²) in [7, 11) is 3.20. The second-order valence-electron chi connectivity index (χ2n) is 6.62. The Kier molecular flexibility index (Phi) is 6.12. The molecule has 1 atom stereocenters. The van der Waals surface area contributed by atoms with Gasteiger partial charge in [0.05, 0.1) is 25.8 Å². The van der Waals surface area contributed by atoms with Gasteiger partial charge in [0.15, 0.2) is 0 Å². The van der Waals surface area contributed by atoms with Crippen molar-refractivity contribution in [2.24, 2.45) is 5.92 Å². The molecule has 138 valence electrons. The number of rotatable bonds is 6. The Hall–Kier alpha value is -2.53. The number of carbonyl (C=O) groups excluding carboxylic acids is 1. The van der Waals surface area contributed by atoms with E-state index >= 15 is 0 Å². The van der Waals surface area contributed by atoms with Crippen LogP contribution in [0, 0.1) is 5.92 Å². The number of likely N-dealkylation sites (tertiary alicyclic amines) is 1. The van der Waals surface area contributed by atoms with Crippen molar-refractivity contribution in [1.82, 2.24) is 4.90 Å². The summed E-state index contributed by atoms with van der Waals surface area (Å²) in [4.78, 5) is 15.1. The summed E-state index contributed by atoms with van der Waals surface area (Å²) in [5, 5.41) is 3.02. The van der Waals surface area contributed by atoms with Crippen molar-refractivity contribution < 1.29 is 14.3 Å². The maximum absolute atomic E-state index is 12.8. The number of carbonyl (C=O) groups is 1. The van der Waals surface area contributed by atoms with Gasteiger partial charge < -0.3 is 14.8 Å². The molecule has 1 heterocycles. The molecule has 1 amide bonds. The van der Waals surface area contributed by atoms with Crippen LogP contribution in [0.4, 0.5) is 5.69 Å². The summed E-state index contributed by atoms with van der Waals surface area (Å²) in [6.45, 7) is 2.69. The van der Waals surface area contributed by atoms with Crippen molar-refractivity contribution in [3.8, 4) is 11.5 Å². The van der Waals surface area contributed by atoms with Crippen LogP contribution in [0.5, 0.6) is 11.5 Å². The highest BCUT2D eigenvalue weighted by Gasteiger charge is 2.26. The minimum atomic E-state index is -0.0146. The summed E-state index contributed by atoms with van der Waals surface area (Å²) in [5.41, 5.74) is 1.96. The molecule has 0 saturated carbocycles. The van der Waals surface area contributed by atoms with Gasteiger partial charge in [0.1, 0.15) is 11.5 Å². The molecule has 5 heteroatoms. The zero-order chi connectivity index (χ0) is 18.4. The van der Waals surface area contributed by atoms with Gasteiger partial charge in [0.2, 0.25) is 5.91 Å². The van der Waals surface area contributed by atoms with Crippen molar-refractivity contribution in [2.75, 3.05) is 32.6 Å². The van der Waals surface area contributed by atoms with E-state index in [9.17, 15) is 4.79 Å². The van der Waals surface area contributed by atoms with Crippen molar-refractivity contribution in [3.05, 3.63) is 54.1 Å². The number of benzene rings is 2. The second-order valence-corrected chi connectivity index (χ2v) is 6.62. The lowest BCUT2D eigenvalue weighted by Crippen LogP contribution is -2.40. The van der Waals surface area contributed by atoms with Crippen LogP contribution >= 0.6 is 0 Å². The Morgan fingerprint density at radius 3 is 2.69 bits per heavy atom. The van der Waals surface area contributed by atoms with Gasteiger partial charge in [-0.2, -0.15) is 0 Å². The predicted octanol–water partition coefficient (Wildman–Crippen LogP) is 3.55. The number of ether oxygens (including phenoxy) is 2. The zero-order valence-corrected chi connectivity index (χ0v) is 15.4. The van der Waals surface area contributed by atoms with Crippen LogP contribution in [-0.4, -0.2) is 38.1 Å². The highest BCUT2D eigenvalue weighted by Crippen LogP contribution is 2.30. The first-order valence-corrected chi connectivity index (χ1v) is 8.98. The summed E-state index contributed by atoms with van der Waals surface area (Å²) >= 11 is 0. The minimum Gasteiger partial charge on any atom is -0.497 e. The van der Waals surface area contributed by atoms with E-state index in [0.717, 1.165) is 32.5 Å². The molecule has 0 bridgehead atoms. The molecule has 1 aliphatic rings. The molecule has 0 spiro atoms. The van der Waals surface area contributed by atoms with Crippen molar-refractivity contribution in [2.45, 2.75) is 19.4 Å². The minimum absolute atomic E-state index is 0.0146. The van der Waals surface area contributed by atoms with Crippen LogP contribution < -0.4 is 14.8 Å². The SMILES string of the molecule is COc1ccc(NC(=O)[C@@H]2CCCN(Cc3ccccc3)C2)c(OC)c1. The number of hydrogen-bond acceptors (Lipinski definition) is 4. The lowest BCUT2D eigenvalue weighted by Gasteiger charge is -2.32. The van der Waals surface area contributed by atoms with Crippen LogP contribution in [-0.2, 0) is 11.3 Å². The van der Waals surface area contributed by atoms with E-state index in [0.29, 0.717) is 17.2 Å². The first-order chi connectivity index (χ1) is 12.7. The molecular formula is C21H26N2O3. The quantitative estimate of drug-likeness (QED) is 0.862. The van der Waals surface area contributed by atoms with Gasteiger partial charge in [0.25, 0.3) is 0 Å². The average molecular weight is 354 g/mol. The predicted molar refractivity (Wildman–Crippen MR) is 103 cm³/mol. The maximum atomic E-state index is 12.8. The number of nitrogens with one attached hydrogen (secondary N) is 1. The topological polar surface area (TPSA) is 50.8 Å². The van der Waals surface area contributed by atoms with Gasteiger partial charge >= 0.3 is 0 Å². The number of amides is 1. The van der Waals surface area contributed by atoms with Crippen molar-refractivity contribution >= 4 is 11.6 Å². The Morgan fingerprint density at radius 1 is 1.15 bits per heavy atom. The van der Waals surface area contributed by atoms with E-state index in [2.05, 4.69) is 34.5 Å². The monoisotopic (exact) mass is 354 g/mol. The molecule has 5 nitrogen and oxygen atoms in total. The third kappa shape index (κ3) is 4.55. The van der Waals surface area contributed by atoms with E-state index in [4.69, 9.17) is 9.47 Å². The van der Waals surface area contributed by atoms with E-state index in [1.54, 1.807) is 20.3 Å². The van der Waals surface area contributed by atoms with Gasteiger partial charge in [0, 0.05) is 19.2 Å². The van der Waals surface area contributed by atoms with Crippen molar-refractivity contribution in [3.63, 3.8) is 0 Å². The molecule has 2 aromatic carbocycles. The number of hydrogen-bond donors (Lipinski definition) is 1. The number of piperidine rings is 1. The molecule has 0 unspecified atom stereocenters. The maximum Gasteiger partial charge on any atom is 0.228 e. The fourth-order valence-electron chi connectivity index (χ4n) is 3.39. The Morgan fingerprint density at radius 2 is 1.96 bits per heavy atom. The molecule has 0 aromatic heterocycles. The molecule has 1 fully saturated rings. The van der Waals surface area contributed by atoms with Gasteiger partial charge in [-0.15, -0.1) is 0 Å². The summed E-state index contributed by atoms with van der Waals surface area (Å²) in [6, 6.07) is 15.8.